The number of hydrogen-bond donors (Lipinski definition) is 1. The van der Waals surface area contributed by atoms with Gasteiger partial charge in [-0.1, -0.05) is 18.2 Å². The fraction of sp³-hybridized carbons (Fsp3) is 0.286. The van der Waals surface area contributed by atoms with Gasteiger partial charge in [-0.05, 0) is 54.1 Å². The van der Waals surface area contributed by atoms with Crippen LogP contribution in [0, 0.1) is 11.6 Å². The maximum Gasteiger partial charge on any atom is 0.157 e. The summed E-state index contributed by atoms with van der Waals surface area (Å²) >= 11 is 0. The third-order valence-corrected chi connectivity index (χ3v) is 7.06. The highest BCUT2D eigenvalue weighted by Crippen LogP contribution is 2.40. The molecule has 190 valence electrons. The number of anilines is 2. The second-order valence-corrected chi connectivity index (χ2v) is 9.44. The fourth-order valence-electron chi connectivity index (χ4n) is 5.23. The first-order valence-electron chi connectivity index (χ1n) is 12.5. The summed E-state index contributed by atoms with van der Waals surface area (Å²) < 4.78 is 45.1. The number of alkyl halides is 1. The first-order chi connectivity index (χ1) is 18.1. The van der Waals surface area contributed by atoms with Gasteiger partial charge < -0.3 is 15.1 Å². The molecule has 0 amide bonds. The van der Waals surface area contributed by atoms with Crippen LogP contribution in [0.2, 0.25) is 0 Å². The number of aromatic nitrogens is 3. The molecule has 6 rings (SSSR count). The van der Waals surface area contributed by atoms with E-state index in [4.69, 9.17) is 4.98 Å². The smallest absolute Gasteiger partial charge is 0.157 e. The first kappa shape index (κ1) is 23.5. The monoisotopic (exact) mass is 504 g/mol. The Morgan fingerprint density at radius 3 is 2.59 bits per heavy atom. The number of rotatable bonds is 5. The number of benzene rings is 2. The third kappa shape index (κ3) is 4.67. The van der Waals surface area contributed by atoms with E-state index in [0.29, 0.717) is 17.2 Å². The van der Waals surface area contributed by atoms with Gasteiger partial charge in [0.15, 0.2) is 11.5 Å². The average molecular weight is 505 g/mol. The molecule has 0 saturated carbocycles. The Morgan fingerprint density at radius 1 is 0.973 bits per heavy atom. The lowest BCUT2D eigenvalue weighted by atomic mass is 10.0. The molecule has 2 aliphatic rings. The molecule has 2 atom stereocenters. The van der Waals surface area contributed by atoms with Crippen LogP contribution in [0.25, 0.3) is 17.8 Å². The zero-order valence-corrected chi connectivity index (χ0v) is 20.2. The molecular formula is C28H27F3N6. The van der Waals surface area contributed by atoms with Crippen LogP contribution < -0.4 is 15.1 Å². The molecule has 2 aliphatic heterocycles. The van der Waals surface area contributed by atoms with Gasteiger partial charge in [-0.25, -0.2) is 22.7 Å². The Hall–Kier alpha value is -3.85. The molecule has 0 spiro atoms. The van der Waals surface area contributed by atoms with Crippen LogP contribution in [-0.4, -0.2) is 53.5 Å². The number of piperazine rings is 1. The zero-order chi connectivity index (χ0) is 25.4. The standard InChI is InChI=1S/C28H27F3N6/c29-20-6-9-24(31)23(16-20)26-17-21(30)18-36(26)28-25(37-27(34-28)2-1-11-33-37)10-5-19-3-7-22(8-4-19)35-14-12-32-13-15-35/h1-11,16,21,26,32H,12-15,17-18H2/b10-5-/t21-,26+/m0/s1. The molecule has 0 bridgehead atoms. The molecule has 4 aromatic rings. The molecule has 9 heteroatoms. The molecule has 4 heterocycles. The SMILES string of the molecule is Fc1ccc(F)c([C@H]2C[C@H](F)CN2c2nc3cccnn3c2/C=C\c2ccc(N3CCNCC3)cc2)c1. The van der Waals surface area contributed by atoms with Gasteiger partial charge in [0.2, 0.25) is 0 Å². The number of imidazole rings is 1. The predicted octanol–water partition coefficient (Wildman–Crippen LogP) is 4.88. The highest BCUT2D eigenvalue weighted by molar-refractivity contribution is 5.77. The van der Waals surface area contributed by atoms with Gasteiger partial charge in [0, 0.05) is 50.0 Å². The lowest BCUT2D eigenvalue weighted by Crippen LogP contribution is -2.43. The second-order valence-electron chi connectivity index (χ2n) is 9.44. The summed E-state index contributed by atoms with van der Waals surface area (Å²) in [7, 11) is 0. The van der Waals surface area contributed by atoms with Crippen LogP contribution in [0.15, 0.2) is 60.8 Å². The molecule has 0 radical (unpaired) electrons. The molecular weight excluding hydrogens is 477 g/mol. The van der Waals surface area contributed by atoms with E-state index in [0.717, 1.165) is 49.9 Å². The minimum Gasteiger partial charge on any atom is -0.369 e. The largest absolute Gasteiger partial charge is 0.369 e. The van der Waals surface area contributed by atoms with Gasteiger partial charge >= 0.3 is 0 Å². The lowest BCUT2D eigenvalue weighted by Gasteiger charge is -2.29. The zero-order valence-electron chi connectivity index (χ0n) is 20.2. The van der Waals surface area contributed by atoms with Crippen LogP contribution in [0.1, 0.15) is 29.3 Å². The van der Waals surface area contributed by atoms with Crippen molar-refractivity contribution in [2.75, 3.05) is 42.5 Å². The summed E-state index contributed by atoms with van der Waals surface area (Å²) in [5.74, 6) is -0.630. The van der Waals surface area contributed by atoms with Crippen molar-refractivity contribution in [2.24, 2.45) is 0 Å². The summed E-state index contributed by atoms with van der Waals surface area (Å²) in [4.78, 5) is 8.80. The minimum atomic E-state index is -1.19. The van der Waals surface area contributed by atoms with E-state index in [1.165, 1.54) is 5.69 Å². The van der Waals surface area contributed by atoms with Crippen LogP contribution in [0.3, 0.4) is 0 Å². The van der Waals surface area contributed by atoms with E-state index in [-0.39, 0.29) is 18.5 Å². The molecule has 2 aromatic carbocycles. The predicted molar refractivity (Wildman–Crippen MR) is 139 cm³/mol. The van der Waals surface area contributed by atoms with Crippen molar-refractivity contribution in [3.8, 4) is 0 Å². The van der Waals surface area contributed by atoms with E-state index in [1.807, 2.05) is 18.2 Å². The quantitative estimate of drug-likeness (QED) is 0.420. The summed E-state index contributed by atoms with van der Waals surface area (Å²) in [5.41, 5.74) is 3.54. The normalized spacial score (nSPS) is 20.4. The first-order valence-corrected chi connectivity index (χ1v) is 12.5. The number of fused-ring (bicyclic) bond motifs is 1. The molecule has 2 fully saturated rings. The van der Waals surface area contributed by atoms with E-state index >= 15 is 0 Å². The van der Waals surface area contributed by atoms with E-state index < -0.39 is 23.8 Å². The van der Waals surface area contributed by atoms with Crippen LogP contribution in [-0.2, 0) is 0 Å². The van der Waals surface area contributed by atoms with Crippen molar-refractivity contribution in [2.45, 2.75) is 18.6 Å². The summed E-state index contributed by atoms with van der Waals surface area (Å²) in [6, 6.07) is 14.6. The van der Waals surface area contributed by atoms with Gasteiger partial charge in [0.25, 0.3) is 0 Å². The maximum atomic E-state index is 14.7. The van der Waals surface area contributed by atoms with E-state index in [1.54, 1.807) is 21.7 Å². The van der Waals surface area contributed by atoms with Crippen molar-refractivity contribution < 1.29 is 13.2 Å². The molecule has 1 N–H and O–H groups in total. The number of halogens is 3. The number of hydrogen-bond acceptors (Lipinski definition) is 5. The van der Waals surface area contributed by atoms with Crippen LogP contribution in [0.4, 0.5) is 24.7 Å². The van der Waals surface area contributed by atoms with Crippen molar-refractivity contribution in [3.63, 3.8) is 0 Å². The second kappa shape index (κ2) is 9.89. The average Bonchev–Trinajstić information content (AvgIpc) is 3.49. The number of nitrogens with one attached hydrogen (secondary N) is 1. The van der Waals surface area contributed by atoms with Crippen molar-refractivity contribution in [1.82, 2.24) is 19.9 Å². The molecule has 37 heavy (non-hydrogen) atoms. The third-order valence-electron chi connectivity index (χ3n) is 7.06. The van der Waals surface area contributed by atoms with Gasteiger partial charge in [0.1, 0.15) is 23.5 Å². The van der Waals surface area contributed by atoms with Crippen LogP contribution in [0.5, 0.6) is 0 Å². The highest BCUT2D eigenvalue weighted by Gasteiger charge is 2.37. The van der Waals surface area contributed by atoms with Crippen LogP contribution >= 0.6 is 0 Å². The highest BCUT2D eigenvalue weighted by atomic mass is 19.1. The van der Waals surface area contributed by atoms with Gasteiger partial charge in [-0.15, -0.1) is 0 Å². The molecule has 0 aliphatic carbocycles. The molecule has 6 nitrogen and oxygen atoms in total. The summed E-state index contributed by atoms with van der Waals surface area (Å²) in [6.07, 6.45) is 4.37. The lowest BCUT2D eigenvalue weighted by molar-refractivity contribution is 0.355. The van der Waals surface area contributed by atoms with Gasteiger partial charge in [0.05, 0.1) is 12.6 Å². The van der Waals surface area contributed by atoms with Crippen molar-refractivity contribution >= 4 is 29.3 Å². The number of nitrogens with zero attached hydrogens (tertiary/aromatic N) is 5. The Labute approximate surface area is 213 Å². The molecule has 0 unspecified atom stereocenters. The topological polar surface area (TPSA) is 48.7 Å². The molecule has 2 aromatic heterocycles. The molecule has 2 saturated heterocycles. The van der Waals surface area contributed by atoms with Gasteiger partial charge in [-0.3, -0.25) is 0 Å². The minimum absolute atomic E-state index is 0.0325. The Morgan fingerprint density at radius 2 is 1.78 bits per heavy atom. The van der Waals surface area contributed by atoms with Crippen molar-refractivity contribution in [3.05, 3.63) is 89.2 Å². The summed E-state index contributed by atoms with van der Waals surface area (Å²) in [5, 5.41) is 7.81. The fourth-order valence-corrected chi connectivity index (χ4v) is 5.23. The Bertz CT molecular complexity index is 1430. The Kier molecular flexibility index (Phi) is 6.30. The van der Waals surface area contributed by atoms with Crippen molar-refractivity contribution in [1.29, 1.82) is 0 Å². The van der Waals surface area contributed by atoms with E-state index in [2.05, 4.69) is 39.6 Å². The Balaban J connectivity index is 1.35. The van der Waals surface area contributed by atoms with Gasteiger partial charge in [-0.2, -0.15) is 5.10 Å². The summed E-state index contributed by atoms with van der Waals surface area (Å²) in [6.45, 7) is 3.94. The maximum absolute atomic E-state index is 14.7. The van der Waals surface area contributed by atoms with E-state index in [9.17, 15) is 13.2 Å².